The molecule has 2 rings (SSSR count). The molecule has 0 aliphatic carbocycles. The van der Waals surface area contributed by atoms with Gasteiger partial charge in [-0.05, 0) is 61.6 Å². The Kier molecular flexibility index (Phi) is 7.43. The van der Waals surface area contributed by atoms with Crippen LogP contribution in [0.1, 0.15) is 41.7 Å². The van der Waals surface area contributed by atoms with Crippen LogP contribution in [0.4, 0.5) is 5.69 Å². The molecule has 0 spiro atoms. The molecule has 0 atom stereocenters. The molecule has 2 aromatic rings. The molecular weight excluding hydrogens is 336 g/mol. The summed E-state index contributed by atoms with van der Waals surface area (Å²) in [5.41, 5.74) is 6.78. The number of benzene rings is 2. The van der Waals surface area contributed by atoms with Crippen molar-refractivity contribution in [2.75, 3.05) is 26.0 Å². The van der Waals surface area contributed by atoms with E-state index >= 15 is 0 Å². The highest BCUT2D eigenvalue weighted by atomic mass is 16.5. The number of rotatable bonds is 8. The summed E-state index contributed by atoms with van der Waals surface area (Å²) in [6.45, 7) is 9.41. The van der Waals surface area contributed by atoms with Crippen molar-refractivity contribution in [1.29, 1.82) is 0 Å². The number of amides is 1. The van der Waals surface area contributed by atoms with E-state index in [0.717, 1.165) is 42.0 Å². The van der Waals surface area contributed by atoms with Crippen molar-refractivity contribution in [3.05, 3.63) is 58.1 Å². The number of likely N-dealkylation sites (N-methyl/N-ethyl adjacent to an activating group) is 1. The van der Waals surface area contributed by atoms with E-state index in [1.54, 1.807) is 7.11 Å². The van der Waals surface area contributed by atoms with Crippen LogP contribution in [0.5, 0.6) is 5.75 Å². The zero-order valence-corrected chi connectivity index (χ0v) is 17.5. The fraction of sp³-hybridized carbons (Fsp3) is 0.435. The molecule has 0 saturated heterocycles. The van der Waals surface area contributed by atoms with Crippen molar-refractivity contribution in [3.8, 4) is 5.75 Å². The van der Waals surface area contributed by atoms with Crippen molar-refractivity contribution in [2.24, 2.45) is 0 Å². The third-order valence-corrected chi connectivity index (χ3v) is 4.85. The predicted octanol–water partition coefficient (Wildman–Crippen LogP) is 4.51. The minimum absolute atomic E-state index is 0.0232. The highest BCUT2D eigenvalue weighted by Gasteiger charge is 2.13. The van der Waals surface area contributed by atoms with Crippen LogP contribution in [0.3, 0.4) is 0 Å². The number of aryl methyl sites for hydroxylation is 4. The lowest BCUT2D eigenvalue weighted by Gasteiger charge is -2.20. The van der Waals surface area contributed by atoms with Crippen LogP contribution in [-0.2, 0) is 24.2 Å². The number of methoxy groups -OCH3 is 1. The summed E-state index contributed by atoms with van der Waals surface area (Å²) in [6, 6.07) is 10.5. The third-order valence-electron chi connectivity index (χ3n) is 4.85. The molecule has 0 saturated carbocycles. The summed E-state index contributed by atoms with van der Waals surface area (Å²) >= 11 is 0. The van der Waals surface area contributed by atoms with Gasteiger partial charge < -0.3 is 10.1 Å². The maximum atomic E-state index is 12.6. The van der Waals surface area contributed by atoms with E-state index in [0.29, 0.717) is 6.54 Å². The number of carbonyl (C=O) groups excluding carboxylic acids is 1. The maximum Gasteiger partial charge on any atom is 0.238 e. The van der Waals surface area contributed by atoms with Crippen LogP contribution in [0.15, 0.2) is 30.3 Å². The van der Waals surface area contributed by atoms with Gasteiger partial charge in [-0.3, -0.25) is 9.69 Å². The normalized spacial score (nSPS) is 10.9. The van der Waals surface area contributed by atoms with Gasteiger partial charge in [0.2, 0.25) is 5.91 Å². The third kappa shape index (κ3) is 5.33. The molecule has 1 N–H and O–H groups in total. The topological polar surface area (TPSA) is 41.6 Å². The van der Waals surface area contributed by atoms with E-state index in [9.17, 15) is 4.79 Å². The van der Waals surface area contributed by atoms with Gasteiger partial charge in [-0.15, -0.1) is 0 Å². The summed E-state index contributed by atoms with van der Waals surface area (Å²) < 4.78 is 5.43. The van der Waals surface area contributed by atoms with Gasteiger partial charge in [-0.1, -0.05) is 44.2 Å². The van der Waals surface area contributed by atoms with Gasteiger partial charge >= 0.3 is 0 Å². The Bertz CT molecular complexity index is 754. The van der Waals surface area contributed by atoms with Gasteiger partial charge in [0, 0.05) is 12.2 Å². The summed E-state index contributed by atoms with van der Waals surface area (Å²) in [7, 11) is 3.67. The summed E-state index contributed by atoms with van der Waals surface area (Å²) in [4.78, 5) is 14.6. The highest BCUT2D eigenvalue weighted by Crippen LogP contribution is 2.25. The zero-order chi connectivity index (χ0) is 20.0. The number of nitrogens with zero attached hydrogens (tertiary/aromatic N) is 1. The zero-order valence-electron chi connectivity index (χ0n) is 17.5. The maximum absolute atomic E-state index is 12.6. The molecule has 0 aliphatic rings. The van der Waals surface area contributed by atoms with Gasteiger partial charge in [-0.2, -0.15) is 0 Å². The van der Waals surface area contributed by atoms with Crippen LogP contribution < -0.4 is 10.1 Å². The average molecular weight is 369 g/mol. The summed E-state index contributed by atoms with van der Waals surface area (Å²) in [5.74, 6) is 0.956. The molecule has 2 aromatic carbocycles. The van der Waals surface area contributed by atoms with Crippen LogP contribution in [0.25, 0.3) is 0 Å². The highest BCUT2D eigenvalue weighted by molar-refractivity contribution is 5.93. The van der Waals surface area contributed by atoms with Crippen molar-refractivity contribution in [3.63, 3.8) is 0 Å². The molecule has 4 heteroatoms. The number of ether oxygens (including phenoxy) is 1. The number of para-hydroxylation sites is 1. The number of anilines is 1. The first-order chi connectivity index (χ1) is 12.9. The van der Waals surface area contributed by atoms with Crippen LogP contribution >= 0.6 is 0 Å². The van der Waals surface area contributed by atoms with Crippen LogP contribution in [0.2, 0.25) is 0 Å². The lowest BCUT2D eigenvalue weighted by Crippen LogP contribution is -2.30. The molecule has 0 heterocycles. The van der Waals surface area contributed by atoms with Gasteiger partial charge in [0.05, 0.1) is 13.7 Å². The lowest BCUT2D eigenvalue weighted by atomic mass is 10.0. The first-order valence-electron chi connectivity index (χ1n) is 9.62. The van der Waals surface area contributed by atoms with Crippen LogP contribution in [0, 0.1) is 13.8 Å². The Balaban J connectivity index is 2.05. The van der Waals surface area contributed by atoms with Crippen molar-refractivity contribution in [2.45, 2.75) is 47.1 Å². The van der Waals surface area contributed by atoms with E-state index in [1.165, 1.54) is 16.7 Å². The minimum atomic E-state index is 0.0232. The van der Waals surface area contributed by atoms with Crippen molar-refractivity contribution in [1.82, 2.24) is 4.90 Å². The SMILES string of the molecule is CCc1cccc(CC)c1NC(=O)CN(C)Cc1cc(C)c(OC)c(C)c1. The van der Waals surface area contributed by atoms with E-state index in [1.807, 2.05) is 11.9 Å². The molecule has 0 aliphatic heterocycles. The molecule has 0 bridgehead atoms. The second-order valence-electron chi connectivity index (χ2n) is 7.14. The second-order valence-corrected chi connectivity index (χ2v) is 7.14. The minimum Gasteiger partial charge on any atom is -0.496 e. The Labute approximate surface area is 163 Å². The molecule has 27 heavy (non-hydrogen) atoms. The first kappa shape index (κ1) is 21.0. The lowest BCUT2D eigenvalue weighted by molar-refractivity contribution is -0.117. The smallest absolute Gasteiger partial charge is 0.238 e. The largest absolute Gasteiger partial charge is 0.496 e. The molecule has 1 amide bonds. The summed E-state index contributed by atoms with van der Waals surface area (Å²) in [5, 5.41) is 3.14. The van der Waals surface area contributed by atoms with Gasteiger partial charge in [0.15, 0.2) is 0 Å². The summed E-state index contributed by atoms with van der Waals surface area (Å²) in [6.07, 6.45) is 1.81. The van der Waals surface area contributed by atoms with Gasteiger partial charge in [0.1, 0.15) is 5.75 Å². The molecule has 0 fully saturated rings. The number of carbonyl (C=O) groups is 1. The predicted molar refractivity (Wildman–Crippen MR) is 113 cm³/mol. The Morgan fingerprint density at radius 3 is 2.11 bits per heavy atom. The van der Waals surface area contributed by atoms with E-state index in [4.69, 9.17) is 4.74 Å². The second kappa shape index (κ2) is 9.56. The molecule has 0 unspecified atom stereocenters. The average Bonchev–Trinajstić information content (AvgIpc) is 2.61. The fourth-order valence-corrected chi connectivity index (χ4v) is 3.65. The monoisotopic (exact) mass is 368 g/mol. The molecular formula is C23H32N2O2. The standard InChI is InChI=1S/C23H32N2O2/c1-7-19-10-9-11-20(8-2)22(19)24-21(26)15-25(5)14-18-12-16(3)23(27-6)17(4)13-18/h9-13H,7-8,14-15H2,1-6H3,(H,24,26). The number of nitrogens with one attached hydrogen (secondary N) is 1. The van der Waals surface area contributed by atoms with Crippen molar-refractivity contribution >= 4 is 11.6 Å². The van der Waals surface area contributed by atoms with Gasteiger partial charge in [-0.25, -0.2) is 0 Å². The van der Waals surface area contributed by atoms with E-state index in [2.05, 4.69) is 63.3 Å². The van der Waals surface area contributed by atoms with Gasteiger partial charge in [0.25, 0.3) is 0 Å². The molecule has 4 nitrogen and oxygen atoms in total. The van der Waals surface area contributed by atoms with E-state index < -0.39 is 0 Å². The molecule has 146 valence electrons. The van der Waals surface area contributed by atoms with Crippen molar-refractivity contribution < 1.29 is 9.53 Å². The van der Waals surface area contributed by atoms with Crippen LogP contribution in [-0.4, -0.2) is 31.5 Å². The first-order valence-corrected chi connectivity index (χ1v) is 9.62. The number of hydrogen-bond donors (Lipinski definition) is 1. The molecule has 0 radical (unpaired) electrons. The van der Waals surface area contributed by atoms with E-state index in [-0.39, 0.29) is 5.91 Å². The Morgan fingerprint density at radius 1 is 1.07 bits per heavy atom. The Hall–Kier alpha value is -2.33. The molecule has 0 aromatic heterocycles. The number of hydrogen-bond acceptors (Lipinski definition) is 3. The Morgan fingerprint density at radius 2 is 1.63 bits per heavy atom. The quantitative estimate of drug-likeness (QED) is 0.745. The fourth-order valence-electron chi connectivity index (χ4n) is 3.65.